The molecule has 0 aliphatic heterocycles. The maximum absolute atomic E-state index is 12.9. The Bertz CT molecular complexity index is 1080. The molecular weight excluding hydrogens is 419 g/mol. The van der Waals surface area contributed by atoms with Gasteiger partial charge >= 0.3 is 0 Å². The zero-order chi connectivity index (χ0) is 21.1. The summed E-state index contributed by atoms with van der Waals surface area (Å²) in [5, 5.41) is 3.57. The summed E-state index contributed by atoms with van der Waals surface area (Å²) in [6.45, 7) is 7.49. The Morgan fingerprint density at radius 3 is 2.50 bits per heavy atom. The molecule has 0 saturated carbocycles. The van der Waals surface area contributed by atoms with E-state index < -0.39 is 5.41 Å². The van der Waals surface area contributed by atoms with Gasteiger partial charge in [0, 0.05) is 28.1 Å². The molecule has 1 N–H and O–H groups in total. The highest BCUT2D eigenvalue weighted by Gasteiger charge is 2.20. The van der Waals surface area contributed by atoms with Gasteiger partial charge in [0.25, 0.3) is 5.56 Å². The Labute approximate surface area is 177 Å². The molecule has 2 aromatic rings. The SMILES string of the molecule is CCNC(=O)Cn1c(=O)/c(=C/c2ccc(Cl)cc2Cl)s/c1=C/C(=O)C(C)(C)C. The summed E-state index contributed by atoms with van der Waals surface area (Å²) in [6.07, 6.45) is 3.06. The maximum atomic E-state index is 12.9. The van der Waals surface area contributed by atoms with Crippen molar-refractivity contribution >= 4 is 58.4 Å². The quantitative estimate of drug-likeness (QED) is 0.776. The molecule has 0 fully saturated rings. The van der Waals surface area contributed by atoms with Gasteiger partial charge < -0.3 is 5.32 Å². The third-order valence-corrected chi connectivity index (χ3v) is 5.48. The van der Waals surface area contributed by atoms with Gasteiger partial charge in [0.2, 0.25) is 5.91 Å². The summed E-state index contributed by atoms with van der Waals surface area (Å²) < 4.78 is 2.11. The van der Waals surface area contributed by atoms with Gasteiger partial charge in [0.15, 0.2) is 5.78 Å². The van der Waals surface area contributed by atoms with Crippen LogP contribution in [0.1, 0.15) is 33.3 Å². The molecule has 0 saturated heterocycles. The van der Waals surface area contributed by atoms with Crippen molar-refractivity contribution in [1.82, 2.24) is 9.88 Å². The minimum Gasteiger partial charge on any atom is -0.355 e. The van der Waals surface area contributed by atoms with Crippen molar-refractivity contribution < 1.29 is 9.59 Å². The predicted molar refractivity (Wildman–Crippen MR) is 115 cm³/mol. The molecular formula is C20H22Cl2N2O3S. The summed E-state index contributed by atoms with van der Waals surface area (Å²) in [7, 11) is 0. The molecule has 0 atom stereocenters. The summed E-state index contributed by atoms with van der Waals surface area (Å²) >= 11 is 13.3. The molecule has 5 nitrogen and oxygen atoms in total. The third kappa shape index (κ3) is 5.56. The number of aromatic nitrogens is 1. The van der Waals surface area contributed by atoms with Crippen molar-refractivity contribution in [3.8, 4) is 0 Å². The van der Waals surface area contributed by atoms with Crippen LogP contribution in [-0.2, 0) is 16.1 Å². The molecule has 1 amide bonds. The lowest BCUT2D eigenvalue weighted by Crippen LogP contribution is -2.38. The number of hydrogen-bond acceptors (Lipinski definition) is 4. The van der Waals surface area contributed by atoms with Crippen molar-refractivity contribution in [2.75, 3.05) is 6.54 Å². The van der Waals surface area contributed by atoms with E-state index >= 15 is 0 Å². The van der Waals surface area contributed by atoms with E-state index in [-0.39, 0.29) is 23.8 Å². The Kier molecular flexibility index (Phi) is 7.26. The highest BCUT2D eigenvalue weighted by molar-refractivity contribution is 7.07. The van der Waals surface area contributed by atoms with Gasteiger partial charge in [-0.3, -0.25) is 19.0 Å². The van der Waals surface area contributed by atoms with E-state index in [1.165, 1.54) is 10.6 Å². The number of rotatable bonds is 5. The van der Waals surface area contributed by atoms with E-state index in [9.17, 15) is 14.4 Å². The Hall–Kier alpha value is -1.89. The lowest BCUT2D eigenvalue weighted by molar-refractivity contribution is -0.122. The van der Waals surface area contributed by atoms with Gasteiger partial charge in [-0.25, -0.2) is 0 Å². The van der Waals surface area contributed by atoms with Crippen molar-refractivity contribution in [3.63, 3.8) is 0 Å². The van der Waals surface area contributed by atoms with E-state index in [2.05, 4.69) is 5.32 Å². The van der Waals surface area contributed by atoms with Crippen molar-refractivity contribution in [1.29, 1.82) is 0 Å². The minimum atomic E-state index is -0.597. The number of nitrogens with one attached hydrogen (secondary N) is 1. The number of halogens is 2. The first-order valence-corrected chi connectivity index (χ1v) is 10.3. The second kappa shape index (κ2) is 9.07. The van der Waals surface area contributed by atoms with E-state index in [0.29, 0.717) is 31.3 Å². The number of Topliss-reactive ketones (excluding diaryl/α,β-unsaturated/α-hetero) is 1. The smallest absolute Gasteiger partial charge is 0.269 e. The molecule has 0 unspecified atom stereocenters. The monoisotopic (exact) mass is 440 g/mol. The topological polar surface area (TPSA) is 68.2 Å². The summed E-state index contributed by atoms with van der Waals surface area (Å²) in [4.78, 5) is 37.4. The molecule has 0 bridgehead atoms. The molecule has 1 aromatic heterocycles. The van der Waals surface area contributed by atoms with Gasteiger partial charge in [-0.2, -0.15) is 0 Å². The number of benzene rings is 1. The second-order valence-corrected chi connectivity index (χ2v) is 9.12. The zero-order valence-electron chi connectivity index (χ0n) is 16.1. The molecule has 0 aliphatic carbocycles. The van der Waals surface area contributed by atoms with E-state index in [4.69, 9.17) is 23.2 Å². The number of ketones is 1. The van der Waals surface area contributed by atoms with E-state index in [1.54, 1.807) is 52.0 Å². The van der Waals surface area contributed by atoms with Gasteiger partial charge in [0.05, 0.1) is 4.53 Å². The lowest BCUT2D eigenvalue weighted by atomic mass is 9.91. The Morgan fingerprint density at radius 2 is 1.93 bits per heavy atom. The highest BCUT2D eigenvalue weighted by Crippen LogP contribution is 2.21. The number of nitrogens with zero attached hydrogens (tertiary/aromatic N) is 1. The van der Waals surface area contributed by atoms with Crippen molar-refractivity contribution in [2.45, 2.75) is 34.2 Å². The number of likely N-dealkylation sites (N-methyl/N-ethyl adjacent to an activating group) is 1. The fourth-order valence-electron chi connectivity index (χ4n) is 2.28. The first-order valence-electron chi connectivity index (χ1n) is 8.72. The van der Waals surface area contributed by atoms with Crippen LogP contribution in [0, 0.1) is 5.41 Å². The van der Waals surface area contributed by atoms with Crippen LogP contribution >= 0.6 is 34.5 Å². The number of thiazole rings is 1. The maximum Gasteiger partial charge on any atom is 0.269 e. The Morgan fingerprint density at radius 1 is 1.25 bits per heavy atom. The normalized spacial score (nSPS) is 13.1. The fourth-order valence-corrected chi connectivity index (χ4v) is 3.77. The van der Waals surface area contributed by atoms with Gasteiger partial charge in [-0.05, 0) is 30.7 Å². The molecule has 8 heteroatoms. The molecule has 1 aromatic carbocycles. The van der Waals surface area contributed by atoms with Crippen LogP contribution < -0.4 is 20.1 Å². The first kappa shape index (κ1) is 22.4. The fraction of sp³-hybridized carbons (Fsp3) is 0.350. The van der Waals surface area contributed by atoms with Crippen LogP contribution in [0.3, 0.4) is 0 Å². The van der Waals surface area contributed by atoms with Gasteiger partial charge in [0.1, 0.15) is 11.2 Å². The van der Waals surface area contributed by atoms with Crippen LogP contribution in [0.4, 0.5) is 0 Å². The number of hydrogen-bond donors (Lipinski definition) is 1. The van der Waals surface area contributed by atoms with Crippen LogP contribution in [0.15, 0.2) is 23.0 Å². The minimum absolute atomic E-state index is 0.130. The molecule has 0 radical (unpaired) electrons. The molecule has 2 rings (SSSR count). The van der Waals surface area contributed by atoms with Crippen LogP contribution in [0.25, 0.3) is 12.2 Å². The number of carbonyl (C=O) groups is 2. The van der Waals surface area contributed by atoms with Gasteiger partial charge in [-0.1, -0.05) is 50.0 Å². The average molecular weight is 441 g/mol. The summed E-state index contributed by atoms with van der Waals surface area (Å²) in [5.41, 5.74) is -0.321. The van der Waals surface area contributed by atoms with Crippen LogP contribution in [0.2, 0.25) is 10.0 Å². The molecule has 0 aliphatic rings. The van der Waals surface area contributed by atoms with Crippen molar-refractivity contribution in [2.24, 2.45) is 5.41 Å². The first-order chi connectivity index (χ1) is 13.0. The van der Waals surface area contributed by atoms with E-state index in [0.717, 1.165) is 11.3 Å². The highest BCUT2D eigenvalue weighted by atomic mass is 35.5. The summed E-state index contributed by atoms with van der Waals surface area (Å²) in [6, 6.07) is 4.98. The largest absolute Gasteiger partial charge is 0.355 e. The second-order valence-electron chi connectivity index (χ2n) is 7.22. The third-order valence-electron chi connectivity index (χ3n) is 3.86. The molecule has 0 spiro atoms. The summed E-state index contributed by atoms with van der Waals surface area (Å²) in [5.74, 6) is -0.425. The Balaban J connectivity index is 2.67. The number of carbonyl (C=O) groups excluding carboxylic acids is 2. The van der Waals surface area contributed by atoms with Crippen LogP contribution in [-0.4, -0.2) is 22.8 Å². The zero-order valence-corrected chi connectivity index (χ0v) is 18.5. The standard InChI is InChI=1S/C20H22Cl2N2O3S/c1-5-23-17(26)11-24-18(10-16(25)20(2,3)4)28-15(19(24)27)8-12-6-7-13(21)9-14(12)22/h6-10H,5,11H2,1-4H3,(H,23,26)/b15-8-,18-10+. The average Bonchev–Trinajstić information content (AvgIpc) is 2.85. The van der Waals surface area contributed by atoms with Crippen LogP contribution in [0.5, 0.6) is 0 Å². The lowest BCUT2D eigenvalue weighted by Gasteiger charge is -2.12. The number of amides is 1. The van der Waals surface area contributed by atoms with Gasteiger partial charge in [-0.15, -0.1) is 11.3 Å². The predicted octanol–water partition coefficient (Wildman–Crippen LogP) is 2.58. The molecule has 1 heterocycles. The van der Waals surface area contributed by atoms with Crippen molar-refractivity contribution in [3.05, 3.63) is 53.4 Å². The van der Waals surface area contributed by atoms with E-state index in [1.807, 2.05) is 0 Å². The molecule has 150 valence electrons. The molecule has 28 heavy (non-hydrogen) atoms.